The van der Waals surface area contributed by atoms with Crippen molar-refractivity contribution in [3.8, 4) is 0 Å². The van der Waals surface area contributed by atoms with Gasteiger partial charge in [-0.1, -0.05) is 38.1 Å². The number of nitrogens with one attached hydrogen (secondary N) is 1. The van der Waals surface area contributed by atoms with E-state index in [-0.39, 0.29) is 5.91 Å². The molecular weight excluding hydrogens is 236 g/mol. The molecule has 0 aliphatic heterocycles. The van der Waals surface area contributed by atoms with Crippen molar-refractivity contribution in [2.45, 2.75) is 20.3 Å². The van der Waals surface area contributed by atoms with E-state index in [0.29, 0.717) is 23.7 Å². The van der Waals surface area contributed by atoms with Gasteiger partial charge < -0.3 is 11.1 Å². The molecule has 2 aromatic rings. The largest absolute Gasteiger partial charge is 0.398 e. The van der Waals surface area contributed by atoms with Crippen LogP contribution in [0.25, 0.3) is 10.8 Å². The Morgan fingerprint density at radius 2 is 1.84 bits per heavy atom. The molecule has 3 N–H and O–H groups in total. The number of hydrogen-bond donors (Lipinski definition) is 2. The number of carbonyl (C=O) groups is 1. The second-order valence-electron chi connectivity index (χ2n) is 5.23. The molecule has 0 atom stereocenters. The Kier molecular flexibility index (Phi) is 4.05. The average molecular weight is 256 g/mol. The normalized spacial score (nSPS) is 10.9. The Labute approximate surface area is 113 Å². The van der Waals surface area contributed by atoms with Gasteiger partial charge in [0.2, 0.25) is 0 Å². The molecule has 0 radical (unpaired) electrons. The van der Waals surface area contributed by atoms with E-state index in [2.05, 4.69) is 19.2 Å². The summed E-state index contributed by atoms with van der Waals surface area (Å²) < 4.78 is 0. The van der Waals surface area contributed by atoms with Crippen LogP contribution in [0.4, 0.5) is 5.69 Å². The summed E-state index contributed by atoms with van der Waals surface area (Å²) in [5, 5.41) is 5.00. The minimum absolute atomic E-state index is 0.0936. The molecule has 0 spiro atoms. The van der Waals surface area contributed by atoms with E-state index in [4.69, 9.17) is 5.73 Å². The van der Waals surface area contributed by atoms with E-state index in [1.165, 1.54) is 0 Å². The molecule has 0 saturated heterocycles. The molecule has 2 aromatic carbocycles. The second-order valence-corrected chi connectivity index (χ2v) is 5.23. The van der Waals surface area contributed by atoms with Crippen molar-refractivity contribution in [3.05, 3.63) is 42.0 Å². The minimum Gasteiger partial charge on any atom is -0.398 e. The van der Waals surface area contributed by atoms with Gasteiger partial charge in [0.25, 0.3) is 5.91 Å². The van der Waals surface area contributed by atoms with E-state index < -0.39 is 0 Å². The number of benzene rings is 2. The summed E-state index contributed by atoms with van der Waals surface area (Å²) in [7, 11) is 0. The Hall–Kier alpha value is -2.03. The fourth-order valence-electron chi connectivity index (χ4n) is 2.02. The van der Waals surface area contributed by atoms with E-state index in [1.54, 1.807) is 0 Å². The molecule has 0 aromatic heterocycles. The summed E-state index contributed by atoms with van der Waals surface area (Å²) in [6, 6.07) is 11.6. The summed E-state index contributed by atoms with van der Waals surface area (Å²) in [5.74, 6) is 0.484. The molecule has 0 saturated carbocycles. The lowest BCUT2D eigenvalue weighted by Gasteiger charge is -2.10. The highest BCUT2D eigenvalue weighted by atomic mass is 16.1. The summed E-state index contributed by atoms with van der Waals surface area (Å²) in [6.45, 7) is 4.95. The topological polar surface area (TPSA) is 55.1 Å². The van der Waals surface area contributed by atoms with Crippen molar-refractivity contribution in [2.75, 3.05) is 12.3 Å². The molecule has 0 heterocycles. The monoisotopic (exact) mass is 256 g/mol. The molecule has 3 heteroatoms. The van der Waals surface area contributed by atoms with E-state index in [1.807, 2.05) is 36.4 Å². The summed E-state index contributed by atoms with van der Waals surface area (Å²) in [4.78, 5) is 12.1. The molecule has 100 valence electrons. The van der Waals surface area contributed by atoms with Crippen molar-refractivity contribution in [1.82, 2.24) is 5.32 Å². The van der Waals surface area contributed by atoms with Gasteiger partial charge in [0.1, 0.15) is 0 Å². The Morgan fingerprint density at radius 3 is 2.47 bits per heavy atom. The molecule has 1 amide bonds. The second kappa shape index (κ2) is 5.74. The third kappa shape index (κ3) is 3.25. The first-order chi connectivity index (χ1) is 9.08. The van der Waals surface area contributed by atoms with Crippen molar-refractivity contribution < 1.29 is 4.79 Å². The molecule has 0 bridgehead atoms. The van der Waals surface area contributed by atoms with Crippen LogP contribution < -0.4 is 11.1 Å². The molecule has 19 heavy (non-hydrogen) atoms. The van der Waals surface area contributed by atoms with E-state index in [0.717, 1.165) is 17.2 Å². The number of fused-ring (bicyclic) bond motifs is 1. The lowest BCUT2D eigenvalue weighted by Crippen LogP contribution is -2.26. The SMILES string of the molecule is CC(C)CCNC(=O)c1cc2ccccc2cc1N. The maximum absolute atomic E-state index is 12.1. The van der Waals surface area contributed by atoms with Crippen LogP contribution in [0.3, 0.4) is 0 Å². The van der Waals surface area contributed by atoms with Crippen LogP contribution in [0.1, 0.15) is 30.6 Å². The van der Waals surface area contributed by atoms with Crippen molar-refractivity contribution in [3.63, 3.8) is 0 Å². The minimum atomic E-state index is -0.0936. The standard InChI is InChI=1S/C16H20N2O/c1-11(2)7-8-18-16(19)14-9-12-5-3-4-6-13(12)10-15(14)17/h3-6,9-11H,7-8,17H2,1-2H3,(H,18,19). The van der Waals surface area contributed by atoms with Gasteiger partial charge in [-0.3, -0.25) is 4.79 Å². The van der Waals surface area contributed by atoms with E-state index in [9.17, 15) is 4.79 Å². The Bertz CT molecular complexity index is 590. The quantitative estimate of drug-likeness (QED) is 0.825. The zero-order chi connectivity index (χ0) is 13.8. The Balaban J connectivity index is 2.19. The van der Waals surface area contributed by atoms with E-state index >= 15 is 0 Å². The van der Waals surface area contributed by atoms with Crippen LogP contribution in [0, 0.1) is 5.92 Å². The van der Waals surface area contributed by atoms with Crippen LogP contribution in [-0.4, -0.2) is 12.5 Å². The summed E-state index contributed by atoms with van der Waals surface area (Å²) >= 11 is 0. The number of rotatable bonds is 4. The van der Waals surface area contributed by atoms with Gasteiger partial charge in [0.05, 0.1) is 5.56 Å². The zero-order valence-electron chi connectivity index (χ0n) is 11.4. The Morgan fingerprint density at radius 1 is 1.21 bits per heavy atom. The fourth-order valence-corrected chi connectivity index (χ4v) is 2.02. The number of hydrogen-bond acceptors (Lipinski definition) is 2. The van der Waals surface area contributed by atoms with Gasteiger partial charge in [-0.05, 0) is 35.2 Å². The predicted molar refractivity (Wildman–Crippen MR) is 80.1 cm³/mol. The number of amides is 1. The van der Waals surface area contributed by atoms with Crippen molar-refractivity contribution >= 4 is 22.4 Å². The molecule has 0 aliphatic rings. The molecule has 3 nitrogen and oxygen atoms in total. The van der Waals surface area contributed by atoms with Crippen LogP contribution in [0.5, 0.6) is 0 Å². The number of carbonyl (C=O) groups excluding carboxylic acids is 1. The first-order valence-corrected chi connectivity index (χ1v) is 6.64. The molecule has 0 fully saturated rings. The van der Waals surface area contributed by atoms with Crippen molar-refractivity contribution in [2.24, 2.45) is 5.92 Å². The lowest BCUT2D eigenvalue weighted by atomic mass is 10.0. The van der Waals surface area contributed by atoms with Gasteiger partial charge in [0.15, 0.2) is 0 Å². The fraction of sp³-hybridized carbons (Fsp3) is 0.312. The van der Waals surface area contributed by atoms with Gasteiger partial charge in [0, 0.05) is 12.2 Å². The van der Waals surface area contributed by atoms with Crippen LogP contribution in [-0.2, 0) is 0 Å². The van der Waals surface area contributed by atoms with Crippen molar-refractivity contribution in [1.29, 1.82) is 0 Å². The summed E-state index contributed by atoms with van der Waals surface area (Å²) in [6.07, 6.45) is 0.971. The molecule has 0 unspecified atom stereocenters. The number of nitrogen functional groups attached to an aromatic ring is 1. The highest BCUT2D eigenvalue weighted by Gasteiger charge is 2.10. The molecule has 0 aliphatic carbocycles. The van der Waals surface area contributed by atoms with Crippen LogP contribution in [0.15, 0.2) is 36.4 Å². The summed E-state index contributed by atoms with van der Waals surface area (Å²) in [5.41, 5.74) is 7.04. The number of nitrogens with two attached hydrogens (primary N) is 1. The average Bonchev–Trinajstić information content (AvgIpc) is 2.37. The molecule has 2 rings (SSSR count). The molecular formula is C16H20N2O. The predicted octanol–water partition coefficient (Wildman–Crippen LogP) is 3.20. The lowest BCUT2D eigenvalue weighted by molar-refractivity contribution is 0.0953. The first kappa shape index (κ1) is 13.4. The maximum atomic E-state index is 12.1. The third-order valence-electron chi connectivity index (χ3n) is 3.17. The van der Waals surface area contributed by atoms with Gasteiger partial charge in [-0.2, -0.15) is 0 Å². The highest BCUT2D eigenvalue weighted by Crippen LogP contribution is 2.21. The third-order valence-corrected chi connectivity index (χ3v) is 3.17. The van der Waals surface area contributed by atoms with Gasteiger partial charge in [-0.25, -0.2) is 0 Å². The zero-order valence-corrected chi connectivity index (χ0v) is 11.4. The highest BCUT2D eigenvalue weighted by molar-refractivity contribution is 6.03. The van der Waals surface area contributed by atoms with Crippen LogP contribution >= 0.6 is 0 Å². The number of anilines is 1. The van der Waals surface area contributed by atoms with Gasteiger partial charge in [-0.15, -0.1) is 0 Å². The first-order valence-electron chi connectivity index (χ1n) is 6.64. The smallest absolute Gasteiger partial charge is 0.253 e. The van der Waals surface area contributed by atoms with Crippen LogP contribution in [0.2, 0.25) is 0 Å². The maximum Gasteiger partial charge on any atom is 0.253 e. The van der Waals surface area contributed by atoms with Gasteiger partial charge >= 0.3 is 0 Å².